The number of amides is 1. The lowest BCUT2D eigenvalue weighted by molar-refractivity contribution is -0.146. The molecule has 5 heteroatoms. The Kier molecular flexibility index (Phi) is 5.23. The number of carbonyl (C=O) groups is 2. The number of rotatable bonds is 5. The Morgan fingerprint density at radius 3 is 2.57 bits per heavy atom. The highest BCUT2D eigenvalue weighted by molar-refractivity contribution is 6.31. The maximum absolute atomic E-state index is 12.3. The summed E-state index contributed by atoms with van der Waals surface area (Å²) in [7, 11) is 0. The predicted octanol–water partition coefficient (Wildman–Crippen LogP) is 3.09. The van der Waals surface area contributed by atoms with Crippen LogP contribution in [0.1, 0.15) is 31.7 Å². The molecule has 0 saturated heterocycles. The lowest BCUT2D eigenvalue weighted by atomic mass is 9.95. The summed E-state index contributed by atoms with van der Waals surface area (Å²) in [5, 5.41) is 12.7. The Labute approximate surface area is 129 Å². The molecule has 2 rings (SSSR count). The summed E-state index contributed by atoms with van der Waals surface area (Å²) >= 11 is 6.05. The highest BCUT2D eigenvalue weighted by atomic mass is 35.5. The molecule has 1 saturated carbocycles. The van der Waals surface area contributed by atoms with Crippen LogP contribution in [-0.4, -0.2) is 17.0 Å². The summed E-state index contributed by atoms with van der Waals surface area (Å²) in [4.78, 5) is 23.6. The average Bonchev–Trinajstić information content (AvgIpc) is 2.90. The second-order valence-electron chi connectivity index (χ2n) is 5.61. The lowest BCUT2D eigenvalue weighted by Crippen LogP contribution is -2.35. The molecule has 1 aliphatic rings. The monoisotopic (exact) mass is 309 g/mol. The molecule has 1 unspecified atom stereocenters. The van der Waals surface area contributed by atoms with Crippen LogP contribution in [0.3, 0.4) is 0 Å². The lowest BCUT2D eigenvalue weighted by Gasteiger charge is -2.16. The summed E-state index contributed by atoms with van der Waals surface area (Å²) in [5.74, 6) is -1.74. The fourth-order valence-corrected chi connectivity index (χ4v) is 3.20. The van der Waals surface area contributed by atoms with Crippen molar-refractivity contribution in [2.24, 2.45) is 17.8 Å². The van der Waals surface area contributed by atoms with Crippen molar-refractivity contribution >= 4 is 23.5 Å². The minimum absolute atomic E-state index is 0.182. The van der Waals surface area contributed by atoms with Crippen LogP contribution >= 0.6 is 11.6 Å². The number of carbonyl (C=O) groups excluding carboxylic acids is 1. The molecular weight excluding hydrogens is 290 g/mol. The van der Waals surface area contributed by atoms with Crippen molar-refractivity contribution in [1.29, 1.82) is 0 Å². The highest BCUT2D eigenvalue weighted by Crippen LogP contribution is 2.38. The molecule has 114 valence electrons. The number of aliphatic carboxylic acids is 1. The van der Waals surface area contributed by atoms with E-state index in [4.69, 9.17) is 11.6 Å². The SMILES string of the molecule is CCC1C[C@H](C(=O)NCc2ccccc2Cl)[C@H](C(=O)O)C1. The quantitative estimate of drug-likeness (QED) is 0.878. The third-order valence-corrected chi connectivity index (χ3v) is 4.67. The van der Waals surface area contributed by atoms with E-state index in [1.54, 1.807) is 6.07 Å². The van der Waals surface area contributed by atoms with E-state index < -0.39 is 17.8 Å². The zero-order valence-electron chi connectivity index (χ0n) is 12.0. The minimum Gasteiger partial charge on any atom is -0.481 e. The van der Waals surface area contributed by atoms with Gasteiger partial charge in [-0.2, -0.15) is 0 Å². The first-order chi connectivity index (χ1) is 10.0. The molecule has 1 aromatic rings. The fraction of sp³-hybridized carbons (Fsp3) is 0.500. The van der Waals surface area contributed by atoms with Gasteiger partial charge in [-0.25, -0.2) is 0 Å². The molecule has 2 N–H and O–H groups in total. The van der Waals surface area contributed by atoms with Gasteiger partial charge in [0.05, 0.1) is 11.8 Å². The molecule has 1 fully saturated rings. The average molecular weight is 310 g/mol. The van der Waals surface area contributed by atoms with Gasteiger partial charge in [-0.15, -0.1) is 0 Å². The zero-order valence-corrected chi connectivity index (χ0v) is 12.8. The summed E-state index contributed by atoms with van der Waals surface area (Å²) < 4.78 is 0. The molecular formula is C16H20ClNO3. The Hall–Kier alpha value is -1.55. The van der Waals surface area contributed by atoms with Crippen molar-refractivity contribution in [2.45, 2.75) is 32.7 Å². The van der Waals surface area contributed by atoms with Gasteiger partial charge in [-0.3, -0.25) is 9.59 Å². The zero-order chi connectivity index (χ0) is 15.4. The van der Waals surface area contributed by atoms with Gasteiger partial charge < -0.3 is 10.4 Å². The van der Waals surface area contributed by atoms with Gasteiger partial charge in [0.15, 0.2) is 0 Å². The number of benzene rings is 1. The van der Waals surface area contributed by atoms with Crippen molar-refractivity contribution in [1.82, 2.24) is 5.32 Å². The van der Waals surface area contributed by atoms with Crippen LogP contribution in [-0.2, 0) is 16.1 Å². The molecule has 0 aliphatic heterocycles. The van der Waals surface area contributed by atoms with Crippen molar-refractivity contribution in [3.63, 3.8) is 0 Å². The number of nitrogens with one attached hydrogen (secondary N) is 1. The molecule has 0 bridgehead atoms. The maximum atomic E-state index is 12.3. The van der Waals surface area contributed by atoms with E-state index in [9.17, 15) is 14.7 Å². The Balaban J connectivity index is 1.99. The largest absolute Gasteiger partial charge is 0.481 e. The van der Waals surface area contributed by atoms with Crippen LogP contribution in [0.5, 0.6) is 0 Å². The minimum atomic E-state index is -0.871. The second-order valence-corrected chi connectivity index (χ2v) is 6.01. The van der Waals surface area contributed by atoms with Gasteiger partial charge in [0, 0.05) is 11.6 Å². The highest BCUT2D eigenvalue weighted by Gasteiger charge is 2.41. The normalized spacial score (nSPS) is 24.8. The molecule has 0 heterocycles. The predicted molar refractivity (Wildman–Crippen MR) is 80.9 cm³/mol. The van der Waals surface area contributed by atoms with Crippen LogP contribution < -0.4 is 5.32 Å². The standard InChI is InChI=1S/C16H20ClNO3/c1-2-10-7-12(13(8-10)16(20)21)15(19)18-9-11-5-3-4-6-14(11)17/h3-6,10,12-13H,2,7-9H2,1H3,(H,18,19)(H,20,21)/t10?,12-,13+/m0/s1. The van der Waals surface area contributed by atoms with Gasteiger partial charge in [0.25, 0.3) is 0 Å². The number of hydrogen-bond donors (Lipinski definition) is 2. The number of halogens is 1. The molecule has 1 amide bonds. The summed E-state index contributed by atoms with van der Waals surface area (Å²) in [6.45, 7) is 2.37. The fourth-order valence-electron chi connectivity index (χ4n) is 2.99. The second kappa shape index (κ2) is 6.94. The molecule has 4 nitrogen and oxygen atoms in total. The maximum Gasteiger partial charge on any atom is 0.307 e. The number of carboxylic acid groups (broad SMARTS) is 1. The smallest absolute Gasteiger partial charge is 0.307 e. The molecule has 3 atom stereocenters. The van der Waals surface area contributed by atoms with E-state index in [2.05, 4.69) is 5.32 Å². The van der Waals surface area contributed by atoms with Gasteiger partial charge >= 0.3 is 5.97 Å². The topological polar surface area (TPSA) is 66.4 Å². The van der Waals surface area contributed by atoms with Crippen LogP contribution in [0.2, 0.25) is 5.02 Å². The number of hydrogen-bond acceptors (Lipinski definition) is 2. The van der Waals surface area contributed by atoms with E-state index in [1.807, 2.05) is 25.1 Å². The van der Waals surface area contributed by atoms with Crippen molar-refractivity contribution in [3.05, 3.63) is 34.9 Å². The molecule has 1 aliphatic carbocycles. The van der Waals surface area contributed by atoms with Crippen LogP contribution in [0.15, 0.2) is 24.3 Å². The molecule has 0 radical (unpaired) electrons. The van der Waals surface area contributed by atoms with E-state index in [0.29, 0.717) is 30.3 Å². The van der Waals surface area contributed by atoms with Crippen LogP contribution in [0, 0.1) is 17.8 Å². The van der Waals surface area contributed by atoms with Gasteiger partial charge in [-0.1, -0.05) is 43.1 Å². The Morgan fingerprint density at radius 2 is 1.95 bits per heavy atom. The first kappa shape index (κ1) is 15.8. The first-order valence-electron chi connectivity index (χ1n) is 7.26. The van der Waals surface area contributed by atoms with Gasteiger partial charge in [-0.05, 0) is 30.4 Å². The van der Waals surface area contributed by atoms with E-state index in [-0.39, 0.29) is 5.91 Å². The van der Waals surface area contributed by atoms with Gasteiger partial charge in [0.1, 0.15) is 0 Å². The van der Waals surface area contributed by atoms with Crippen LogP contribution in [0.4, 0.5) is 0 Å². The van der Waals surface area contributed by atoms with Crippen LogP contribution in [0.25, 0.3) is 0 Å². The van der Waals surface area contributed by atoms with E-state index in [0.717, 1.165) is 12.0 Å². The molecule has 0 aromatic heterocycles. The third kappa shape index (κ3) is 3.76. The number of carboxylic acids is 1. The molecule has 1 aromatic carbocycles. The molecule has 0 spiro atoms. The summed E-state index contributed by atoms with van der Waals surface area (Å²) in [5.41, 5.74) is 0.837. The van der Waals surface area contributed by atoms with Crippen molar-refractivity contribution in [2.75, 3.05) is 0 Å². The first-order valence-corrected chi connectivity index (χ1v) is 7.64. The van der Waals surface area contributed by atoms with Crippen molar-refractivity contribution < 1.29 is 14.7 Å². The van der Waals surface area contributed by atoms with E-state index >= 15 is 0 Å². The Bertz CT molecular complexity index is 532. The Morgan fingerprint density at radius 1 is 1.29 bits per heavy atom. The van der Waals surface area contributed by atoms with Gasteiger partial charge in [0.2, 0.25) is 5.91 Å². The molecule has 21 heavy (non-hydrogen) atoms. The summed E-state index contributed by atoms with van der Waals surface area (Å²) in [6.07, 6.45) is 2.16. The van der Waals surface area contributed by atoms with Crippen molar-refractivity contribution in [3.8, 4) is 0 Å². The van der Waals surface area contributed by atoms with E-state index in [1.165, 1.54) is 0 Å². The summed E-state index contributed by atoms with van der Waals surface area (Å²) in [6, 6.07) is 7.31. The third-order valence-electron chi connectivity index (χ3n) is 4.30.